The van der Waals surface area contributed by atoms with Crippen LogP contribution in [0.25, 0.3) is 11.2 Å². The van der Waals surface area contributed by atoms with Crippen molar-refractivity contribution in [3.8, 4) is 0 Å². The van der Waals surface area contributed by atoms with Crippen LogP contribution in [-0.4, -0.2) is 123 Å². The van der Waals surface area contributed by atoms with Gasteiger partial charge in [0.25, 0.3) is 0 Å². The number of nitrogen functional groups attached to an aromatic ring is 1. The molecule has 1 saturated heterocycles. The van der Waals surface area contributed by atoms with Gasteiger partial charge in [-0.3, -0.25) is 4.57 Å². The smallest absolute Gasteiger partial charge is 0.247 e. The molecule has 1 fully saturated rings. The number of nitrogens with one attached hydrogen (secondary N) is 1. The Hall–Kier alpha value is -2.54. The van der Waals surface area contributed by atoms with Crippen molar-refractivity contribution in [3.63, 3.8) is 0 Å². The van der Waals surface area contributed by atoms with Gasteiger partial charge in [-0.25, -0.2) is 10.4 Å². The van der Waals surface area contributed by atoms with E-state index in [9.17, 15) is 35.7 Å². The van der Waals surface area contributed by atoms with E-state index < -0.39 is 62.2 Å². The molecule has 178 valence electrons. The van der Waals surface area contributed by atoms with Crippen molar-refractivity contribution in [3.05, 3.63) is 6.33 Å². The average molecular weight is 459 g/mol. The minimum atomic E-state index is -1.84. The van der Waals surface area contributed by atoms with Gasteiger partial charge >= 0.3 is 0 Å². The number of ether oxygens (including phenoxy) is 1. The van der Waals surface area contributed by atoms with Crippen LogP contribution >= 0.6 is 0 Å². The molecular formula is C16H25N7O9. The standard InChI is InChI=1S/C16H25N7O9/c17-13-8-14(23(4-18-8)15-12(31)11(30)7(3-25)32-15)21-16(20-13)22-19-1-5(26)9(28)10(29)6(27)2-24/h1,4-7,9-12,15,24-31H,2-3H2,(H3,17,20,21,22)/b19-1+/t5-,6-,7+,9-,10-,11+,12+,15+/m0/s1. The fourth-order valence-electron chi connectivity index (χ4n) is 3.08. The molecule has 0 unspecified atom stereocenters. The van der Waals surface area contributed by atoms with Crippen LogP contribution in [-0.2, 0) is 4.74 Å². The number of nitrogens with zero attached hydrogens (tertiary/aromatic N) is 5. The van der Waals surface area contributed by atoms with Gasteiger partial charge in [0.1, 0.15) is 48.2 Å². The lowest BCUT2D eigenvalue weighted by Gasteiger charge is -2.23. The molecule has 2 aromatic rings. The number of imidazole rings is 1. The molecule has 16 nitrogen and oxygen atoms in total. The number of anilines is 2. The van der Waals surface area contributed by atoms with Gasteiger partial charge in [-0.1, -0.05) is 0 Å². The van der Waals surface area contributed by atoms with E-state index in [0.717, 1.165) is 6.21 Å². The summed E-state index contributed by atoms with van der Waals surface area (Å²) in [6.07, 6.45) is -9.84. The molecule has 16 heteroatoms. The van der Waals surface area contributed by atoms with Crippen LogP contribution < -0.4 is 11.2 Å². The van der Waals surface area contributed by atoms with Crippen molar-refractivity contribution in [2.24, 2.45) is 5.10 Å². The first kappa shape index (κ1) is 24.1. The third-order valence-electron chi connectivity index (χ3n) is 4.91. The number of hydrazone groups is 1. The topological polar surface area (TPSA) is 265 Å². The number of aliphatic hydroxyl groups is 8. The molecule has 0 saturated carbocycles. The summed E-state index contributed by atoms with van der Waals surface area (Å²) in [5, 5.41) is 80.4. The van der Waals surface area contributed by atoms with Gasteiger partial charge in [0.15, 0.2) is 17.7 Å². The minimum absolute atomic E-state index is 0.0692. The normalized spacial score (nSPS) is 27.6. The van der Waals surface area contributed by atoms with Crippen molar-refractivity contribution in [1.82, 2.24) is 19.5 Å². The molecule has 11 N–H and O–H groups in total. The highest BCUT2D eigenvalue weighted by molar-refractivity contribution is 5.83. The highest BCUT2D eigenvalue weighted by Crippen LogP contribution is 2.32. The summed E-state index contributed by atoms with van der Waals surface area (Å²) in [5.41, 5.74) is 8.49. The zero-order valence-electron chi connectivity index (χ0n) is 16.5. The van der Waals surface area contributed by atoms with Gasteiger partial charge in [0.2, 0.25) is 5.95 Å². The fourth-order valence-corrected chi connectivity index (χ4v) is 3.08. The predicted octanol–water partition coefficient (Wildman–Crippen LogP) is -5.15. The van der Waals surface area contributed by atoms with Crippen molar-refractivity contribution in [2.45, 2.75) is 49.0 Å². The van der Waals surface area contributed by atoms with Gasteiger partial charge in [0.05, 0.1) is 25.8 Å². The average Bonchev–Trinajstić information content (AvgIpc) is 3.33. The van der Waals surface area contributed by atoms with E-state index in [4.69, 9.17) is 15.6 Å². The molecule has 2 aromatic heterocycles. The van der Waals surface area contributed by atoms with E-state index in [1.807, 2.05) is 0 Å². The van der Waals surface area contributed by atoms with Crippen molar-refractivity contribution >= 4 is 29.1 Å². The Bertz CT molecular complexity index is 944. The molecule has 0 radical (unpaired) electrons. The number of hydrogen-bond donors (Lipinski definition) is 10. The Kier molecular flexibility index (Phi) is 7.49. The highest BCUT2D eigenvalue weighted by atomic mass is 16.6. The minimum Gasteiger partial charge on any atom is -0.394 e. The van der Waals surface area contributed by atoms with Gasteiger partial charge < -0.3 is 51.3 Å². The van der Waals surface area contributed by atoms with Crippen molar-refractivity contribution < 1.29 is 45.6 Å². The van der Waals surface area contributed by atoms with E-state index in [1.54, 1.807) is 0 Å². The van der Waals surface area contributed by atoms with Crippen LogP contribution in [0.1, 0.15) is 6.23 Å². The van der Waals surface area contributed by atoms with Crippen molar-refractivity contribution in [2.75, 3.05) is 24.4 Å². The van der Waals surface area contributed by atoms with Gasteiger partial charge in [-0.05, 0) is 0 Å². The molecule has 0 spiro atoms. The molecule has 3 heterocycles. The van der Waals surface area contributed by atoms with E-state index in [1.165, 1.54) is 10.9 Å². The van der Waals surface area contributed by atoms with E-state index in [2.05, 4.69) is 25.5 Å². The zero-order valence-corrected chi connectivity index (χ0v) is 16.5. The number of nitrogens with two attached hydrogens (primary N) is 1. The van der Waals surface area contributed by atoms with Crippen LogP contribution in [0.5, 0.6) is 0 Å². The lowest BCUT2D eigenvalue weighted by molar-refractivity contribution is -0.0999. The number of fused-ring (bicyclic) bond motifs is 1. The Labute approximate surface area is 179 Å². The lowest BCUT2D eigenvalue weighted by Crippen LogP contribution is -2.46. The summed E-state index contributed by atoms with van der Waals surface area (Å²) < 4.78 is 6.74. The molecule has 1 aliphatic heterocycles. The van der Waals surface area contributed by atoms with Gasteiger partial charge in [0, 0.05) is 0 Å². The van der Waals surface area contributed by atoms with Crippen molar-refractivity contribution in [1.29, 1.82) is 0 Å². The van der Waals surface area contributed by atoms with E-state index in [-0.39, 0.29) is 22.9 Å². The Morgan fingerprint density at radius 2 is 1.88 bits per heavy atom. The van der Waals surface area contributed by atoms with Crippen LogP contribution in [0.4, 0.5) is 11.8 Å². The Balaban J connectivity index is 1.78. The van der Waals surface area contributed by atoms with E-state index in [0.29, 0.717) is 0 Å². The molecule has 0 aromatic carbocycles. The molecule has 0 amide bonds. The fraction of sp³-hybridized carbons (Fsp3) is 0.625. The summed E-state index contributed by atoms with van der Waals surface area (Å²) in [6.45, 7) is -1.34. The maximum Gasteiger partial charge on any atom is 0.247 e. The second-order valence-electron chi connectivity index (χ2n) is 7.10. The third-order valence-corrected chi connectivity index (χ3v) is 4.91. The highest BCUT2D eigenvalue weighted by Gasteiger charge is 2.44. The second kappa shape index (κ2) is 9.94. The number of hydrogen-bond acceptors (Lipinski definition) is 15. The van der Waals surface area contributed by atoms with Crippen LogP contribution in [0.15, 0.2) is 11.4 Å². The zero-order chi connectivity index (χ0) is 23.6. The second-order valence-corrected chi connectivity index (χ2v) is 7.10. The summed E-state index contributed by atoms with van der Waals surface area (Å²) in [6, 6.07) is 0. The molecule has 0 bridgehead atoms. The maximum atomic E-state index is 10.2. The molecule has 3 rings (SSSR count). The molecule has 32 heavy (non-hydrogen) atoms. The first-order chi connectivity index (χ1) is 15.2. The first-order valence-corrected chi connectivity index (χ1v) is 9.44. The summed E-state index contributed by atoms with van der Waals surface area (Å²) in [4.78, 5) is 12.1. The quantitative estimate of drug-likeness (QED) is 0.124. The van der Waals surface area contributed by atoms with Gasteiger partial charge in [-0.2, -0.15) is 15.1 Å². The lowest BCUT2D eigenvalue weighted by atomic mass is 10.0. The SMILES string of the molecule is Nc1nc(N/N=C/[C@H](O)[C@H](O)[C@@H](O)[C@@H](O)CO)nc2c1ncn2[C@@H]1O[C@H](CO)[C@@H](O)[C@H]1O. The van der Waals surface area contributed by atoms with Crippen LogP contribution in [0.2, 0.25) is 0 Å². The number of aliphatic hydroxyl groups excluding tert-OH is 8. The predicted molar refractivity (Wildman–Crippen MR) is 106 cm³/mol. The van der Waals surface area contributed by atoms with Crippen LogP contribution in [0.3, 0.4) is 0 Å². The monoisotopic (exact) mass is 459 g/mol. The third kappa shape index (κ3) is 4.63. The first-order valence-electron chi connectivity index (χ1n) is 9.44. The Morgan fingerprint density at radius 1 is 1.16 bits per heavy atom. The number of aromatic nitrogens is 4. The molecule has 8 atom stereocenters. The van der Waals surface area contributed by atoms with Gasteiger partial charge in [-0.15, -0.1) is 0 Å². The van der Waals surface area contributed by atoms with E-state index >= 15 is 0 Å². The summed E-state index contributed by atoms with van der Waals surface area (Å²) in [7, 11) is 0. The summed E-state index contributed by atoms with van der Waals surface area (Å²) in [5.74, 6) is -0.238. The number of rotatable bonds is 9. The maximum absolute atomic E-state index is 10.2. The molecular weight excluding hydrogens is 434 g/mol. The summed E-state index contributed by atoms with van der Waals surface area (Å²) >= 11 is 0. The Morgan fingerprint density at radius 3 is 2.50 bits per heavy atom. The molecule has 1 aliphatic rings. The van der Waals surface area contributed by atoms with Crippen LogP contribution in [0, 0.1) is 0 Å². The largest absolute Gasteiger partial charge is 0.394 e. The molecule has 0 aliphatic carbocycles.